The van der Waals surface area contributed by atoms with Gasteiger partial charge in [0, 0.05) is 10.6 Å². The van der Waals surface area contributed by atoms with Gasteiger partial charge in [-0.05, 0) is 37.4 Å². The van der Waals surface area contributed by atoms with Gasteiger partial charge in [-0.25, -0.2) is 4.79 Å². The summed E-state index contributed by atoms with van der Waals surface area (Å²) in [5, 5.41) is 3.38. The Morgan fingerprint density at radius 2 is 2.05 bits per heavy atom. The Labute approximate surface area is 122 Å². The highest BCUT2D eigenvalue weighted by molar-refractivity contribution is 7.98. The van der Waals surface area contributed by atoms with E-state index in [1.165, 1.54) is 12.0 Å². The highest BCUT2D eigenvalue weighted by atomic mass is 32.2. The van der Waals surface area contributed by atoms with E-state index in [2.05, 4.69) is 16.1 Å². The fraction of sp³-hybridized carbons (Fsp3) is 0.267. The highest BCUT2D eigenvalue weighted by Gasteiger charge is 2.15. The van der Waals surface area contributed by atoms with E-state index in [1.807, 2.05) is 31.4 Å². The van der Waals surface area contributed by atoms with Gasteiger partial charge in [-0.2, -0.15) is 0 Å². The number of thioether (sulfide) groups is 1. The fourth-order valence-electron chi connectivity index (χ4n) is 1.86. The molecule has 1 N–H and O–H groups in total. The summed E-state index contributed by atoms with van der Waals surface area (Å²) in [4.78, 5) is 12.5. The molecule has 1 unspecified atom stereocenters. The van der Waals surface area contributed by atoms with Gasteiger partial charge in [-0.3, -0.25) is 0 Å². The minimum absolute atomic E-state index is 0.0401. The molecule has 0 aliphatic carbocycles. The van der Waals surface area contributed by atoms with Crippen molar-refractivity contribution < 1.29 is 13.9 Å². The van der Waals surface area contributed by atoms with Crippen LogP contribution in [0.25, 0.3) is 0 Å². The number of hydrogen-bond acceptors (Lipinski definition) is 5. The van der Waals surface area contributed by atoms with E-state index in [-0.39, 0.29) is 11.8 Å². The monoisotopic (exact) mass is 291 g/mol. The van der Waals surface area contributed by atoms with Crippen LogP contribution in [0.3, 0.4) is 0 Å². The van der Waals surface area contributed by atoms with Crippen LogP contribution in [0.15, 0.2) is 45.7 Å². The lowest BCUT2D eigenvalue weighted by atomic mass is 10.2. The van der Waals surface area contributed by atoms with Gasteiger partial charge in [-0.1, -0.05) is 12.1 Å². The van der Waals surface area contributed by atoms with Crippen molar-refractivity contribution in [2.45, 2.75) is 17.9 Å². The predicted molar refractivity (Wildman–Crippen MR) is 80.3 cm³/mol. The zero-order valence-corrected chi connectivity index (χ0v) is 12.5. The van der Waals surface area contributed by atoms with Gasteiger partial charge in [0.05, 0.1) is 13.2 Å². The molecule has 2 aromatic rings. The molecule has 0 saturated carbocycles. The number of furan rings is 1. The van der Waals surface area contributed by atoms with Gasteiger partial charge < -0.3 is 14.5 Å². The number of methoxy groups -OCH3 is 1. The molecular formula is C15H17NO3S. The summed E-state index contributed by atoms with van der Waals surface area (Å²) in [5.74, 6) is 0.448. The Kier molecular flexibility index (Phi) is 4.74. The maximum absolute atomic E-state index is 11.4. The van der Waals surface area contributed by atoms with Crippen molar-refractivity contribution in [1.82, 2.24) is 0 Å². The molecule has 2 rings (SSSR count). The van der Waals surface area contributed by atoms with E-state index in [9.17, 15) is 4.79 Å². The predicted octanol–water partition coefficient (Wildman–Crippen LogP) is 3.96. The first-order valence-electron chi connectivity index (χ1n) is 6.23. The lowest BCUT2D eigenvalue weighted by Gasteiger charge is -2.15. The quantitative estimate of drug-likeness (QED) is 0.667. The number of ether oxygens (including phenoxy) is 1. The van der Waals surface area contributed by atoms with Crippen LogP contribution in [0.5, 0.6) is 0 Å². The van der Waals surface area contributed by atoms with Crippen LogP contribution in [0.1, 0.15) is 29.3 Å². The van der Waals surface area contributed by atoms with Crippen molar-refractivity contribution >= 4 is 23.4 Å². The molecule has 0 spiro atoms. The van der Waals surface area contributed by atoms with Crippen molar-refractivity contribution in [3.63, 3.8) is 0 Å². The fourth-order valence-corrected chi connectivity index (χ4v) is 2.43. The molecule has 0 amide bonds. The molecule has 4 nitrogen and oxygen atoms in total. The third-order valence-electron chi connectivity index (χ3n) is 2.92. The maximum Gasteiger partial charge on any atom is 0.373 e. The van der Waals surface area contributed by atoms with E-state index >= 15 is 0 Å². The van der Waals surface area contributed by atoms with Gasteiger partial charge in [0.1, 0.15) is 5.76 Å². The molecule has 20 heavy (non-hydrogen) atoms. The summed E-state index contributed by atoms with van der Waals surface area (Å²) in [6.07, 6.45) is 2.04. The summed E-state index contributed by atoms with van der Waals surface area (Å²) in [5.41, 5.74) is 1.04. The van der Waals surface area contributed by atoms with E-state index < -0.39 is 5.97 Å². The van der Waals surface area contributed by atoms with Crippen LogP contribution >= 0.6 is 11.8 Å². The molecule has 1 aromatic heterocycles. The first-order chi connectivity index (χ1) is 9.65. The molecule has 0 radical (unpaired) electrons. The SMILES string of the molecule is COC(=O)c1ccc(C(C)Nc2ccccc2SC)o1. The standard InChI is InChI=1S/C15H17NO3S/c1-10(12-8-9-13(19-12)15(17)18-2)16-11-6-4-5-7-14(11)20-3/h4-10,16H,1-3H3. The highest BCUT2D eigenvalue weighted by Crippen LogP contribution is 2.28. The maximum atomic E-state index is 11.4. The number of esters is 1. The van der Waals surface area contributed by atoms with Crippen molar-refractivity contribution in [3.05, 3.63) is 47.9 Å². The Morgan fingerprint density at radius 1 is 1.30 bits per heavy atom. The second-order valence-corrected chi connectivity index (χ2v) is 5.11. The van der Waals surface area contributed by atoms with E-state index in [0.717, 1.165) is 5.69 Å². The number of nitrogens with one attached hydrogen (secondary N) is 1. The topological polar surface area (TPSA) is 51.5 Å². The van der Waals surface area contributed by atoms with E-state index in [1.54, 1.807) is 23.9 Å². The van der Waals surface area contributed by atoms with Crippen LogP contribution in [-0.2, 0) is 4.74 Å². The van der Waals surface area contributed by atoms with Gasteiger partial charge in [0.2, 0.25) is 5.76 Å². The van der Waals surface area contributed by atoms with Crippen LogP contribution in [0.4, 0.5) is 5.69 Å². The number of carbonyl (C=O) groups is 1. The average Bonchev–Trinajstić information content (AvgIpc) is 2.97. The average molecular weight is 291 g/mol. The zero-order valence-electron chi connectivity index (χ0n) is 11.7. The molecule has 0 aliphatic rings. The summed E-state index contributed by atoms with van der Waals surface area (Å²) < 4.78 is 10.1. The summed E-state index contributed by atoms with van der Waals surface area (Å²) in [6, 6.07) is 11.4. The summed E-state index contributed by atoms with van der Waals surface area (Å²) >= 11 is 1.68. The van der Waals surface area contributed by atoms with E-state index in [4.69, 9.17) is 4.42 Å². The minimum atomic E-state index is -0.465. The third-order valence-corrected chi connectivity index (χ3v) is 3.71. The van der Waals surface area contributed by atoms with Crippen LogP contribution in [-0.4, -0.2) is 19.3 Å². The number of anilines is 1. The third kappa shape index (κ3) is 3.17. The number of rotatable bonds is 5. The molecule has 0 fully saturated rings. The normalized spacial score (nSPS) is 11.9. The zero-order chi connectivity index (χ0) is 14.5. The smallest absolute Gasteiger partial charge is 0.373 e. The minimum Gasteiger partial charge on any atom is -0.463 e. The molecule has 5 heteroatoms. The number of para-hydroxylation sites is 1. The van der Waals surface area contributed by atoms with Gasteiger partial charge >= 0.3 is 5.97 Å². The molecular weight excluding hydrogens is 274 g/mol. The largest absolute Gasteiger partial charge is 0.463 e. The molecule has 0 saturated heterocycles. The second kappa shape index (κ2) is 6.52. The van der Waals surface area contributed by atoms with Crippen LogP contribution < -0.4 is 5.32 Å². The first kappa shape index (κ1) is 14.5. The summed E-state index contributed by atoms with van der Waals surface area (Å²) in [7, 11) is 1.33. The van der Waals surface area contributed by atoms with Crippen LogP contribution in [0.2, 0.25) is 0 Å². The molecule has 1 aromatic carbocycles. The van der Waals surface area contributed by atoms with E-state index in [0.29, 0.717) is 5.76 Å². The number of hydrogen-bond donors (Lipinski definition) is 1. The lowest BCUT2D eigenvalue weighted by molar-refractivity contribution is 0.0562. The van der Waals surface area contributed by atoms with Crippen LogP contribution in [0, 0.1) is 0 Å². The van der Waals surface area contributed by atoms with Crippen molar-refractivity contribution in [3.8, 4) is 0 Å². The molecule has 0 aliphatic heterocycles. The molecule has 0 bridgehead atoms. The van der Waals surface area contributed by atoms with Crippen molar-refractivity contribution in [2.75, 3.05) is 18.7 Å². The Balaban J connectivity index is 2.13. The number of carbonyl (C=O) groups excluding carboxylic acids is 1. The Morgan fingerprint density at radius 3 is 2.75 bits per heavy atom. The molecule has 1 atom stereocenters. The Bertz CT molecular complexity index is 594. The van der Waals surface area contributed by atoms with Crippen molar-refractivity contribution in [2.24, 2.45) is 0 Å². The lowest BCUT2D eigenvalue weighted by Crippen LogP contribution is -2.06. The van der Waals surface area contributed by atoms with Gasteiger partial charge in [-0.15, -0.1) is 11.8 Å². The summed E-state index contributed by atoms with van der Waals surface area (Å²) in [6.45, 7) is 1.98. The molecule has 106 valence electrons. The first-order valence-corrected chi connectivity index (χ1v) is 7.45. The van der Waals surface area contributed by atoms with Crippen molar-refractivity contribution in [1.29, 1.82) is 0 Å². The Hall–Kier alpha value is -1.88. The van der Waals surface area contributed by atoms with Gasteiger partial charge in [0.25, 0.3) is 0 Å². The number of benzene rings is 1. The molecule has 1 heterocycles. The van der Waals surface area contributed by atoms with Gasteiger partial charge in [0.15, 0.2) is 0 Å². The second-order valence-electron chi connectivity index (χ2n) is 4.26.